The van der Waals surface area contributed by atoms with Crippen LogP contribution in [0, 0.1) is 5.92 Å². The first-order valence-corrected chi connectivity index (χ1v) is 7.75. The number of likely N-dealkylation sites (N-methyl/N-ethyl adjacent to an activating group) is 1. The number of rotatable bonds is 7. The number of methoxy groups -OCH3 is 1. The van der Waals surface area contributed by atoms with Gasteiger partial charge in [0.15, 0.2) is 0 Å². The molecule has 1 aromatic heterocycles. The van der Waals surface area contributed by atoms with Crippen molar-refractivity contribution in [2.24, 2.45) is 13.0 Å². The summed E-state index contributed by atoms with van der Waals surface area (Å²) in [4.78, 5) is 0. The maximum absolute atomic E-state index is 5.72. The molecule has 0 fully saturated rings. The monoisotopic (exact) mass is 289 g/mol. The number of nitrogens with zero attached hydrogens (tertiary/aromatic N) is 2. The number of hydrogen-bond donors (Lipinski definition) is 1. The predicted octanol–water partition coefficient (Wildman–Crippen LogP) is 2.76. The lowest BCUT2D eigenvalue weighted by molar-refractivity contribution is 0.0335. The highest BCUT2D eigenvalue weighted by molar-refractivity contribution is 5.81. The fourth-order valence-electron chi connectivity index (χ4n) is 3.12. The Morgan fingerprint density at radius 2 is 2.00 bits per heavy atom. The van der Waals surface area contributed by atoms with E-state index in [1.165, 1.54) is 10.9 Å². The molecule has 2 rings (SSSR count). The van der Waals surface area contributed by atoms with Crippen LogP contribution >= 0.6 is 0 Å². The molecule has 1 N–H and O–H groups in total. The molecule has 0 aliphatic heterocycles. The summed E-state index contributed by atoms with van der Waals surface area (Å²) in [5.74, 6) is 0.467. The lowest BCUT2D eigenvalue weighted by Gasteiger charge is -2.29. The molecular weight excluding hydrogens is 262 g/mol. The maximum Gasteiger partial charge on any atom is 0.0750 e. The topological polar surface area (TPSA) is 39.1 Å². The van der Waals surface area contributed by atoms with Gasteiger partial charge in [0, 0.05) is 32.0 Å². The van der Waals surface area contributed by atoms with Crippen LogP contribution in [-0.4, -0.2) is 35.6 Å². The number of aryl methyl sites for hydroxylation is 1. The number of fused-ring (bicyclic) bond motifs is 1. The van der Waals surface area contributed by atoms with Gasteiger partial charge in [0.05, 0.1) is 17.3 Å². The van der Waals surface area contributed by atoms with Crippen molar-refractivity contribution in [3.8, 4) is 0 Å². The zero-order valence-corrected chi connectivity index (χ0v) is 13.8. The Labute approximate surface area is 127 Å². The molecular formula is C17H27N3O. The van der Waals surface area contributed by atoms with E-state index in [1.807, 2.05) is 11.7 Å². The Morgan fingerprint density at radius 1 is 1.29 bits per heavy atom. The second-order valence-corrected chi connectivity index (χ2v) is 5.90. The molecule has 0 saturated heterocycles. The minimum atomic E-state index is 0.186. The smallest absolute Gasteiger partial charge is 0.0750 e. The standard InChI is InChI=1S/C17H27N3O/c1-6-18-15(17(21-5)12(2)3)11-14-13-9-7-8-10-16(13)20(4)19-14/h7-10,12,15,17-18H,6,11H2,1-5H3. The van der Waals surface area contributed by atoms with E-state index in [2.05, 4.69) is 50.4 Å². The Morgan fingerprint density at radius 3 is 2.62 bits per heavy atom. The van der Waals surface area contributed by atoms with Crippen LogP contribution in [0.25, 0.3) is 10.9 Å². The van der Waals surface area contributed by atoms with Crippen molar-refractivity contribution in [1.82, 2.24) is 15.1 Å². The number of para-hydroxylation sites is 1. The molecule has 0 radical (unpaired) electrons. The van der Waals surface area contributed by atoms with Crippen LogP contribution in [-0.2, 0) is 18.2 Å². The molecule has 21 heavy (non-hydrogen) atoms. The van der Waals surface area contributed by atoms with Crippen molar-refractivity contribution in [3.63, 3.8) is 0 Å². The van der Waals surface area contributed by atoms with Crippen LogP contribution in [0.2, 0.25) is 0 Å². The van der Waals surface area contributed by atoms with Gasteiger partial charge in [0.1, 0.15) is 0 Å². The normalized spacial score (nSPS) is 14.8. The van der Waals surface area contributed by atoms with Gasteiger partial charge < -0.3 is 10.1 Å². The summed E-state index contributed by atoms with van der Waals surface area (Å²) < 4.78 is 7.68. The maximum atomic E-state index is 5.72. The van der Waals surface area contributed by atoms with E-state index in [9.17, 15) is 0 Å². The highest BCUT2D eigenvalue weighted by Crippen LogP contribution is 2.21. The van der Waals surface area contributed by atoms with Gasteiger partial charge >= 0.3 is 0 Å². The molecule has 0 aliphatic rings. The Kier molecular flexibility index (Phi) is 5.37. The molecule has 116 valence electrons. The van der Waals surface area contributed by atoms with Crippen molar-refractivity contribution in [2.75, 3.05) is 13.7 Å². The number of ether oxygens (including phenoxy) is 1. The molecule has 2 aromatic rings. The molecule has 4 nitrogen and oxygen atoms in total. The minimum absolute atomic E-state index is 0.186. The lowest BCUT2D eigenvalue weighted by Crippen LogP contribution is -2.45. The fraction of sp³-hybridized carbons (Fsp3) is 0.588. The van der Waals surface area contributed by atoms with E-state index in [0.29, 0.717) is 5.92 Å². The zero-order chi connectivity index (χ0) is 15.4. The van der Waals surface area contributed by atoms with Crippen LogP contribution in [0.4, 0.5) is 0 Å². The minimum Gasteiger partial charge on any atom is -0.380 e. The van der Waals surface area contributed by atoms with Gasteiger partial charge in [0.25, 0.3) is 0 Å². The largest absolute Gasteiger partial charge is 0.380 e. The second-order valence-electron chi connectivity index (χ2n) is 5.90. The predicted molar refractivity (Wildman–Crippen MR) is 87.5 cm³/mol. The third-order valence-electron chi connectivity index (χ3n) is 4.04. The number of hydrogen-bond acceptors (Lipinski definition) is 3. The van der Waals surface area contributed by atoms with Gasteiger partial charge in [-0.05, 0) is 18.5 Å². The van der Waals surface area contributed by atoms with Gasteiger partial charge in [-0.1, -0.05) is 39.0 Å². The Bertz CT molecular complexity index is 576. The Hall–Kier alpha value is -1.39. The van der Waals surface area contributed by atoms with Gasteiger partial charge in [-0.15, -0.1) is 0 Å². The van der Waals surface area contributed by atoms with E-state index in [0.717, 1.165) is 18.7 Å². The molecule has 2 atom stereocenters. The van der Waals surface area contributed by atoms with Crippen LogP contribution in [0.1, 0.15) is 26.5 Å². The lowest BCUT2D eigenvalue weighted by atomic mass is 9.95. The van der Waals surface area contributed by atoms with Crippen molar-refractivity contribution >= 4 is 10.9 Å². The number of benzene rings is 1. The average Bonchev–Trinajstić information content (AvgIpc) is 2.77. The van der Waals surface area contributed by atoms with Gasteiger partial charge in [-0.3, -0.25) is 4.68 Å². The van der Waals surface area contributed by atoms with Crippen molar-refractivity contribution in [2.45, 2.75) is 39.3 Å². The first kappa shape index (κ1) is 16.0. The van der Waals surface area contributed by atoms with Gasteiger partial charge in [0.2, 0.25) is 0 Å². The van der Waals surface area contributed by atoms with E-state index in [-0.39, 0.29) is 12.1 Å². The summed E-state index contributed by atoms with van der Waals surface area (Å²) in [6.45, 7) is 7.47. The molecule has 1 aromatic carbocycles. The van der Waals surface area contributed by atoms with Crippen LogP contribution < -0.4 is 5.32 Å². The van der Waals surface area contributed by atoms with Gasteiger partial charge in [-0.25, -0.2) is 0 Å². The van der Waals surface area contributed by atoms with Crippen LogP contribution in [0.3, 0.4) is 0 Å². The first-order valence-electron chi connectivity index (χ1n) is 7.75. The van der Waals surface area contributed by atoms with E-state index < -0.39 is 0 Å². The summed E-state index contributed by atoms with van der Waals surface area (Å²) in [7, 11) is 3.80. The number of nitrogens with one attached hydrogen (secondary N) is 1. The molecule has 0 bridgehead atoms. The van der Waals surface area contributed by atoms with Crippen molar-refractivity contribution < 1.29 is 4.74 Å². The van der Waals surface area contributed by atoms with E-state index in [1.54, 1.807) is 7.11 Å². The second kappa shape index (κ2) is 7.05. The van der Waals surface area contributed by atoms with Crippen LogP contribution in [0.15, 0.2) is 24.3 Å². The molecule has 4 heteroatoms. The zero-order valence-electron chi connectivity index (χ0n) is 13.8. The van der Waals surface area contributed by atoms with E-state index in [4.69, 9.17) is 9.84 Å². The third-order valence-corrected chi connectivity index (χ3v) is 4.04. The third kappa shape index (κ3) is 3.44. The summed E-state index contributed by atoms with van der Waals surface area (Å²) >= 11 is 0. The highest BCUT2D eigenvalue weighted by atomic mass is 16.5. The first-order chi connectivity index (χ1) is 10.1. The molecule has 0 aliphatic carbocycles. The van der Waals surface area contributed by atoms with Crippen LogP contribution in [0.5, 0.6) is 0 Å². The van der Waals surface area contributed by atoms with Crippen molar-refractivity contribution in [1.29, 1.82) is 0 Å². The molecule has 0 spiro atoms. The molecule has 0 saturated carbocycles. The molecule has 1 heterocycles. The SMILES string of the molecule is CCNC(Cc1nn(C)c2ccccc12)C(OC)C(C)C. The Balaban J connectivity index is 2.30. The number of aromatic nitrogens is 2. The summed E-state index contributed by atoms with van der Waals surface area (Å²) in [5.41, 5.74) is 2.32. The molecule has 2 unspecified atom stereocenters. The highest BCUT2D eigenvalue weighted by Gasteiger charge is 2.25. The average molecular weight is 289 g/mol. The fourth-order valence-corrected chi connectivity index (χ4v) is 3.12. The summed E-state index contributed by atoms with van der Waals surface area (Å²) in [6, 6.07) is 8.67. The quantitative estimate of drug-likeness (QED) is 0.852. The van der Waals surface area contributed by atoms with Gasteiger partial charge in [-0.2, -0.15) is 5.10 Å². The summed E-state index contributed by atoms with van der Waals surface area (Å²) in [5, 5.41) is 9.51. The molecule has 0 amide bonds. The van der Waals surface area contributed by atoms with E-state index >= 15 is 0 Å². The van der Waals surface area contributed by atoms with Crippen molar-refractivity contribution in [3.05, 3.63) is 30.0 Å². The summed E-state index contributed by atoms with van der Waals surface area (Å²) in [6.07, 6.45) is 1.07.